The van der Waals surface area contributed by atoms with E-state index < -0.39 is 0 Å². The van der Waals surface area contributed by atoms with Crippen LogP contribution in [0.25, 0.3) is 0 Å². The van der Waals surface area contributed by atoms with Gasteiger partial charge in [-0.15, -0.1) is 11.3 Å². The van der Waals surface area contributed by atoms with Gasteiger partial charge < -0.3 is 15.3 Å². The third kappa shape index (κ3) is 6.30. The summed E-state index contributed by atoms with van der Waals surface area (Å²) in [7, 11) is 4.00. The number of aliphatic hydroxyl groups excluding tert-OH is 1. The molecule has 0 aliphatic carbocycles. The molecule has 5 heteroatoms. The standard InChI is InChI=1S/C16H24N2O2S/c1-12(2)14(11-18(3)4)17-16(20)15-9-8-13(21-15)7-5-6-10-19/h8-9,12,14,19H,6,10-11H2,1-4H3,(H,17,20). The monoisotopic (exact) mass is 308 g/mol. The number of hydrogen-bond acceptors (Lipinski definition) is 4. The van der Waals surface area contributed by atoms with Gasteiger partial charge in [0, 0.05) is 19.0 Å². The minimum absolute atomic E-state index is 0.0456. The molecule has 0 bridgehead atoms. The molecule has 21 heavy (non-hydrogen) atoms. The molecule has 0 saturated carbocycles. The van der Waals surface area contributed by atoms with Crippen LogP contribution >= 0.6 is 11.3 Å². The maximum atomic E-state index is 12.3. The van der Waals surface area contributed by atoms with E-state index in [4.69, 9.17) is 5.11 Å². The summed E-state index contributed by atoms with van der Waals surface area (Å²) >= 11 is 1.38. The van der Waals surface area contributed by atoms with E-state index >= 15 is 0 Å². The molecule has 0 aliphatic heterocycles. The van der Waals surface area contributed by atoms with Gasteiger partial charge in [-0.3, -0.25) is 4.79 Å². The Bertz CT molecular complexity index is 512. The molecule has 1 unspecified atom stereocenters. The van der Waals surface area contributed by atoms with Crippen molar-refractivity contribution >= 4 is 17.2 Å². The van der Waals surface area contributed by atoms with Gasteiger partial charge in [-0.1, -0.05) is 25.7 Å². The van der Waals surface area contributed by atoms with Crippen molar-refractivity contribution in [3.8, 4) is 11.8 Å². The molecule has 2 N–H and O–H groups in total. The molecule has 1 aromatic rings. The van der Waals surface area contributed by atoms with Crippen LogP contribution in [0.1, 0.15) is 34.8 Å². The second kappa shape index (κ2) is 8.83. The molecule has 1 rings (SSSR count). The van der Waals surface area contributed by atoms with Gasteiger partial charge >= 0.3 is 0 Å². The summed E-state index contributed by atoms with van der Waals surface area (Å²) in [6, 6.07) is 3.77. The van der Waals surface area contributed by atoms with Crippen LogP contribution in [0.3, 0.4) is 0 Å². The van der Waals surface area contributed by atoms with Crippen LogP contribution in [0.15, 0.2) is 12.1 Å². The summed E-state index contributed by atoms with van der Waals surface area (Å²) in [6.45, 7) is 5.09. The highest BCUT2D eigenvalue weighted by Crippen LogP contribution is 2.16. The maximum Gasteiger partial charge on any atom is 0.261 e. The number of hydrogen-bond donors (Lipinski definition) is 2. The molecular formula is C16H24N2O2S. The number of carbonyl (C=O) groups is 1. The van der Waals surface area contributed by atoms with E-state index in [2.05, 4.69) is 35.9 Å². The van der Waals surface area contributed by atoms with Crippen LogP contribution < -0.4 is 5.32 Å². The van der Waals surface area contributed by atoms with Gasteiger partial charge in [-0.25, -0.2) is 0 Å². The highest BCUT2D eigenvalue weighted by molar-refractivity contribution is 7.14. The van der Waals surface area contributed by atoms with Crippen LogP contribution in [0.4, 0.5) is 0 Å². The number of nitrogens with one attached hydrogen (secondary N) is 1. The van der Waals surface area contributed by atoms with E-state index in [1.54, 1.807) is 6.07 Å². The first-order chi connectivity index (χ1) is 9.93. The van der Waals surface area contributed by atoms with Crippen molar-refractivity contribution in [2.75, 3.05) is 27.2 Å². The van der Waals surface area contributed by atoms with E-state index in [1.165, 1.54) is 11.3 Å². The van der Waals surface area contributed by atoms with Gasteiger partial charge in [0.25, 0.3) is 5.91 Å². The first-order valence-corrected chi connectivity index (χ1v) is 7.90. The summed E-state index contributed by atoms with van der Waals surface area (Å²) in [6.07, 6.45) is 0.456. The van der Waals surface area contributed by atoms with E-state index in [0.717, 1.165) is 11.4 Å². The van der Waals surface area contributed by atoms with Crippen molar-refractivity contribution in [3.63, 3.8) is 0 Å². The average Bonchev–Trinajstić information content (AvgIpc) is 2.86. The first kappa shape index (κ1) is 17.7. The Balaban J connectivity index is 2.68. The number of nitrogens with zero attached hydrogens (tertiary/aromatic N) is 1. The van der Waals surface area contributed by atoms with Crippen molar-refractivity contribution in [2.24, 2.45) is 5.92 Å². The zero-order chi connectivity index (χ0) is 15.8. The van der Waals surface area contributed by atoms with Crippen LogP contribution in [-0.2, 0) is 0 Å². The van der Waals surface area contributed by atoms with Crippen LogP contribution in [0.2, 0.25) is 0 Å². The van der Waals surface area contributed by atoms with E-state index in [-0.39, 0.29) is 18.6 Å². The smallest absolute Gasteiger partial charge is 0.261 e. The van der Waals surface area contributed by atoms with E-state index in [1.807, 2.05) is 20.2 Å². The fourth-order valence-corrected chi connectivity index (χ4v) is 2.57. The van der Waals surface area contributed by atoms with Crippen LogP contribution in [0.5, 0.6) is 0 Å². The molecule has 116 valence electrons. The van der Waals surface area contributed by atoms with Gasteiger partial charge in [0.15, 0.2) is 0 Å². The Morgan fingerprint density at radius 3 is 2.71 bits per heavy atom. The van der Waals surface area contributed by atoms with Gasteiger partial charge in [0.1, 0.15) is 0 Å². The van der Waals surface area contributed by atoms with Crippen LogP contribution in [0, 0.1) is 17.8 Å². The number of thiophene rings is 1. The highest BCUT2D eigenvalue weighted by Gasteiger charge is 2.18. The molecule has 1 atom stereocenters. The lowest BCUT2D eigenvalue weighted by Crippen LogP contribution is -2.44. The quantitative estimate of drug-likeness (QED) is 0.788. The number of carbonyl (C=O) groups excluding carboxylic acids is 1. The molecule has 0 saturated heterocycles. The Morgan fingerprint density at radius 1 is 1.43 bits per heavy atom. The lowest BCUT2D eigenvalue weighted by molar-refractivity contribution is 0.0921. The van der Waals surface area contributed by atoms with Crippen molar-refractivity contribution in [1.29, 1.82) is 0 Å². The number of aliphatic hydroxyl groups is 1. The molecule has 1 amide bonds. The van der Waals surface area contributed by atoms with E-state index in [0.29, 0.717) is 17.2 Å². The Labute approximate surface area is 131 Å². The summed E-state index contributed by atoms with van der Waals surface area (Å²) in [4.78, 5) is 15.9. The SMILES string of the molecule is CC(C)C(CN(C)C)NC(=O)c1ccc(C#CCCO)s1. The van der Waals surface area contributed by atoms with Crippen LogP contribution in [-0.4, -0.2) is 49.2 Å². The summed E-state index contributed by atoms with van der Waals surface area (Å²) in [5.74, 6) is 6.14. The molecule has 1 aromatic heterocycles. The third-order valence-corrected chi connectivity index (χ3v) is 3.96. The molecule has 0 radical (unpaired) electrons. The fourth-order valence-electron chi connectivity index (χ4n) is 1.79. The summed E-state index contributed by atoms with van der Waals surface area (Å²) in [5.41, 5.74) is 0. The maximum absolute atomic E-state index is 12.3. The molecule has 0 aromatic carbocycles. The van der Waals surface area contributed by atoms with E-state index in [9.17, 15) is 4.79 Å². The second-order valence-corrected chi connectivity index (χ2v) is 6.61. The number of rotatable bonds is 6. The Hall–Kier alpha value is -1.35. The van der Waals surface area contributed by atoms with Gasteiger partial charge in [-0.2, -0.15) is 0 Å². The summed E-state index contributed by atoms with van der Waals surface area (Å²) in [5, 5.41) is 11.8. The largest absolute Gasteiger partial charge is 0.395 e. The van der Waals surface area contributed by atoms with Crippen molar-refractivity contribution in [1.82, 2.24) is 10.2 Å². The lowest BCUT2D eigenvalue weighted by Gasteiger charge is -2.25. The molecule has 0 spiro atoms. The fraction of sp³-hybridized carbons (Fsp3) is 0.562. The Kier molecular flexibility index (Phi) is 7.44. The topological polar surface area (TPSA) is 52.6 Å². The minimum Gasteiger partial charge on any atom is -0.395 e. The molecule has 4 nitrogen and oxygen atoms in total. The molecule has 0 aliphatic rings. The zero-order valence-electron chi connectivity index (χ0n) is 13.1. The zero-order valence-corrected chi connectivity index (χ0v) is 14.0. The third-order valence-electron chi connectivity index (χ3n) is 2.96. The lowest BCUT2D eigenvalue weighted by atomic mass is 10.0. The van der Waals surface area contributed by atoms with Gasteiger partial charge in [-0.05, 0) is 32.1 Å². The first-order valence-electron chi connectivity index (χ1n) is 7.09. The molecule has 1 heterocycles. The normalized spacial score (nSPS) is 12.1. The minimum atomic E-state index is -0.0456. The predicted octanol–water partition coefficient (Wildman–Crippen LogP) is 1.80. The van der Waals surface area contributed by atoms with Crippen molar-refractivity contribution in [2.45, 2.75) is 26.3 Å². The van der Waals surface area contributed by atoms with Crippen molar-refractivity contribution in [3.05, 3.63) is 21.9 Å². The Morgan fingerprint density at radius 2 is 2.14 bits per heavy atom. The van der Waals surface area contributed by atoms with Gasteiger partial charge in [0.2, 0.25) is 0 Å². The number of likely N-dealkylation sites (N-methyl/N-ethyl adjacent to an activating group) is 1. The second-order valence-electron chi connectivity index (χ2n) is 5.53. The average molecular weight is 308 g/mol. The van der Waals surface area contributed by atoms with Gasteiger partial charge in [0.05, 0.1) is 16.4 Å². The molecular weight excluding hydrogens is 284 g/mol. The summed E-state index contributed by atoms with van der Waals surface area (Å²) < 4.78 is 0. The highest BCUT2D eigenvalue weighted by atomic mass is 32.1. The van der Waals surface area contributed by atoms with Crippen molar-refractivity contribution < 1.29 is 9.90 Å². The predicted molar refractivity (Wildman–Crippen MR) is 87.5 cm³/mol. The number of amides is 1. The molecule has 0 fully saturated rings.